The number of aryl methyl sites for hydroxylation is 1. The molecule has 0 spiro atoms. The molecule has 43 heavy (non-hydrogen) atoms. The highest BCUT2D eigenvalue weighted by atomic mass is 32.1. The van der Waals surface area contributed by atoms with Gasteiger partial charge in [0.1, 0.15) is 17.2 Å². The predicted molar refractivity (Wildman–Crippen MR) is 173 cm³/mol. The van der Waals surface area contributed by atoms with Crippen molar-refractivity contribution in [1.29, 1.82) is 0 Å². The molecule has 4 aromatic rings. The van der Waals surface area contributed by atoms with Crippen LogP contribution >= 0.6 is 12.2 Å². The zero-order valence-electron chi connectivity index (χ0n) is 25.0. The van der Waals surface area contributed by atoms with Crippen LogP contribution in [0.5, 0.6) is 17.2 Å². The van der Waals surface area contributed by atoms with E-state index in [1.54, 1.807) is 7.11 Å². The van der Waals surface area contributed by atoms with Gasteiger partial charge in [0.15, 0.2) is 5.11 Å². The van der Waals surface area contributed by atoms with Gasteiger partial charge in [0.05, 0.1) is 38.1 Å². The van der Waals surface area contributed by atoms with Gasteiger partial charge < -0.3 is 29.0 Å². The van der Waals surface area contributed by atoms with Gasteiger partial charge in [-0.3, -0.25) is 9.88 Å². The molecule has 2 aliphatic rings. The van der Waals surface area contributed by atoms with Crippen molar-refractivity contribution >= 4 is 23.0 Å². The monoisotopic (exact) mass is 597 g/mol. The maximum atomic E-state index is 6.10. The lowest BCUT2D eigenvalue weighted by Crippen LogP contribution is -2.37. The van der Waals surface area contributed by atoms with Gasteiger partial charge in [0.2, 0.25) is 0 Å². The third-order valence-electron chi connectivity index (χ3n) is 8.40. The minimum absolute atomic E-state index is 0.0602. The van der Waals surface area contributed by atoms with Crippen molar-refractivity contribution in [2.75, 3.05) is 44.9 Å². The Morgan fingerprint density at radius 1 is 0.930 bits per heavy atom. The summed E-state index contributed by atoms with van der Waals surface area (Å²) >= 11 is 5.98. The molecule has 6 rings (SSSR count). The number of hydrogen-bond acceptors (Lipinski definition) is 6. The molecule has 0 saturated carbocycles. The van der Waals surface area contributed by atoms with Crippen LogP contribution in [-0.4, -0.2) is 59.5 Å². The summed E-state index contributed by atoms with van der Waals surface area (Å²) in [5.74, 6) is 2.30. The summed E-state index contributed by atoms with van der Waals surface area (Å²) in [7, 11) is 1.66. The number of aromatic nitrogens is 2. The van der Waals surface area contributed by atoms with Gasteiger partial charge in [-0.25, -0.2) is 0 Å². The molecule has 2 aromatic heterocycles. The average molecular weight is 598 g/mol. The quantitative estimate of drug-likeness (QED) is 0.217. The number of morpholine rings is 1. The fourth-order valence-electron chi connectivity index (χ4n) is 6.15. The smallest absolute Gasteiger partial charge is 0.174 e. The zero-order valence-corrected chi connectivity index (χ0v) is 25.8. The third-order valence-corrected chi connectivity index (χ3v) is 8.71. The summed E-state index contributed by atoms with van der Waals surface area (Å²) in [5, 5.41) is 4.28. The van der Waals surface area contributed by atoms with E-state index in [0.717, 1.165) is 74.4 Å². The van der Waals surface area contributed by atoms with Crippen molar-refractivity contribution in [2.24, 2.45) is 0 Å². The van der Waals surface area contributed by atoms with E-state index in [9.17, 15) is 0 Å². The molecule has 2 saturated heterocycles. The number of ether oxygens (including phenoxy) is 3. The van der Waals surface area contributed by atoms with Crippen LogP contribution in [0.3, 0.4) is 0 Å². The summed E-state index contributed by atoms with van der Waals surface area (Å²) in [4.78, 5) is 9.46. The van der Waals surface area contributed by atoms with Crippen LogP contribution in [0.4, 0.5) is 5.69 Å². The highest BCUT2D eigenvalue weighted by Crippen LogP contribution is 2.43. The first-order chi connectivity index (χ1) is 21.0. The van der Waals surface area contributed by atoms with Crippen LogP contribution in [-0.2, 0) is 11.3 Å². The fourth-order valence-corrected chi connectivity index (χ4v) is 6.50. The molecule has 1 N–H and O–H groups in total. The average Bonchev–Trinajstić information content (AvgIpc) is 3.53. The Labute approximate surface area is 259 Å². The van der Waals surface area contributed by atoms with Crippen LogP contribution in [0, 0.1) is 13.8 Å². The molecule has 0 amide bonds. The number of thiocarbonyl (C=S) groups is 1. The molecule has 2 aliphatic heterocycles. The highest BCUT2D eigenvalue weighted by Gasteiger charge is 2.42. The molecule has 2 fully saturated rings. The number of hydrogen-bond donors (Lipinski definition) is 1. The SMILES string of the molecule is COc1ccc(Oc2ccc(N3C(=S)N[C@H](c4ccccn4)[C@H]3c3cc(C)n(CCCN4CCOCC4)c3C)cc2)cc1. The normalized spacial score (nSPS) is 19.0. The second-order valence-electron chi connectivity index (χ2n) is 11.1. The zero-order chi connectivity index (χ0) is 29.8. The minimum atomic E-state index is -0.0915. The Morgan fingerprint density at radius 2 is 1.63 bits per heavy atom. The number of pyridine rings is 1. The van der Waals surface area contributed by atoms with Crippen LogP contribution < -0.4 is 19.7 Å². The lowest BCUT2D eigenvalue weighted by Gasteiger charge is -2.28. The van der Waals surface area contributed by atoms with E-state index >= 15 is 0 Å². The van der Waals surface area contributed by atoms with Gasteiger partial charge in [0.25, 0.3) is 0 Å². The number of nitrogens with zero attached hydrogens (tertiary/aromatic N) is 4. The maximum absolute atomic E-state index is 6.10. The van der Waals surface area contributed by atoms with Crippen molar-refractivity contribution in [1.82, 2.24) is 19.8 Å². The van der Waals surface area contributed by atoms with E-state index < -0.39 is 0 Å². The molecule has 0 aliphatic carbocycles. The summed E-state index contributed by atoms with van der Waals surface area (Å²) in [6, 6.07) is 23.9. The third kappa shape index (κ3) is 6.39. The summed E-state index contributed by atoms with van der Waals surface area (Å²) < 4.78 is 19.3. The lowest BCUT2D eigenvalue weighted by molar-refractivity contribution is 0.0369. The van der Waals surface area contributed by atoms with E-state index in [0.29, 0.717) is 5.11 Å². The van der Waals surface area contributed by atoms with Crippen LogP contribution in [0.15, 0.2) is 79.0 Å². The first kappa shape index (κ1) is 29.2. The standard InChI is InChI=1S/C34H39N5O3S/c1-24-23-30(25(2)38(24)18-6-17-37-19-21-41-22-20-37)33-32(31-7-4-5-16-35-31)36-34(43)39(33)26-8-10-28(11-9-26)42-29-14-12-27(40-3)13-15-29/h4-5,7-16,23,32-33H,6,17-22H2,1-3H3,(H,36,43)/t32-,33-/m1/s1. The van der Waals surface area contributed by atoms with E-state index in [2.05, 4.69) is 57.8 Å². The van der Waals surface area contributed by atoms with Gasteiger partial charge in [-0.15, -0.1) is 0 Å². The van der Waals surface area contributed by atoms with E-state index in [1.165, 1.54) is 17.0 Å². The molecule has 8 nitrogen and oxygen atoms in total. The number of nitrogens with one attached hydrogen (secondary N) is 1. The van der Waals surface area contributed by atoms with E-state index in [-0.39, 0.29) is 12.1 Å². The van der Waals surface area contributed by atoms with Gasteiger partial charge in [-0.05, 0) is 105 Å². The van der Waals surface area contributed by atoms with Crippen LogP contribution in [0.25, 0.3) is 0 Å². The second-order valence-corrected chi connectivity index (χ2v) is 11.4. The molecule has 9 heteroatoms. The number of rotatable bonds is 10. The molecule has 0 bridgehead atoms. The van der Waals surface area contributed by atoms with Gasteiger partial charge in [0, 0.05) is 49.5 Å². The number of anilines is 1. The van der Waals surface area contributed by atoms with Crippen molar-refractivity contribution in [3.8, 4) is 17.2 Å². The molecule has 2 atom stereocenters. The van der Waals surface area contributed by atoms with Crippen molar-refractivity contribution < 1.29 is 14.2 Å². The lowest BCUT2D eigenvalue weighted by atomic mass is 9.96. The second kappa shape index (κ2) is 13.2. The minimum Gasteiger partial charge on any atom is -0.497 e. The first-order valence-corrected chi connectivity index (χ1v) is 15.3. The highest BCUT2D eigenvalue weighted by molar-refractivity contribution is 7.80. The Balaban J connectivity index is 1.27. The summed E-state index contributed by atoms with van der Waals surface area (Å²) in [6.45, 7) is 10.2. The molecule has 2 aromatic carbocycles. The fraction of sp³-hybridized carbons (Fsp3) is 0.353. The topological polar surface area (TPSA) is 64.0 Å². The molecule has 0 unspecified atom stereocenters. The van der Waals surface area contributed by atoms with Crippen molar-refractivity contribution in [3.05, 3.63) is 102 Å². The Hall–Kier alpha value is -3.92. The summed E-state index contributed by atoms with van der Waals surface area (Å²) in [5.41, 5.74) is 5.75. The van der Waals surface area contributed by atoms with E-state index in [4.69, 9.17) is 31.4 Å². The predicted octanol–water partition coefficient (Wildman–Crippen LogP) is 6.20. The van der Waals surface area contributed by atoms with Gasteiger partial charge >= 0.3 is 0 Å². The van der Waals surface area contributed by atoms with Crippen molar-refractivity contribution in [3.63, 3.8) is 0 Å². The van der Waals surface area contributed by atoms with Gasteiger partial charge in [-0.1, -0.05) is 6.07 Å². The first-order valence-electron chi connectivity index (χ1n) is 14.9. The van der Waals surface area contributed by atoms with Gasteiger partial charge in [-0.2, -0.15) is 0 Å². The Bertz CT molecular complexity index is 1520. The maximum Gasteiger partial charge on any atom is 0.174 e. The number of benzene rings is 2. The molecule has 0 radical (unpaired) electrons. The molecule has 4 heterocycles. The largest absolute Gasteiger partial charge is 0.497 e. The Kier molecular flexibility index (Phi) is 8.92. The van der Waals surface area contributed by atoms with Crippen molar-refractivity contribution in [2.45, 2.75) is 38.9 Å². The molecular weight excluding hydrogens is 558 g/mol. The number of methoxy groups -OCH3 is 1. The molecule has 224 valence electrons. The van der Waals surface area contributed by atoms with Crippen LogP contribution in [0.2, 0.25) is 0 Å². The Morgan fingerprint density at radius 3 is 2.30 bits per heavy atom. The summed E-state index contributed by atoms with van der Waals surface area (Å²) in [6.07, 6.45) is 2.94. The molecular formula is C34H39N5O3S. The van der Waals surface area contributed by atoms with E-state index in [1.807, 2.05) is 54.7 Å². The van der Waals surface area contributed by atoms with Crippen LogP contribution in [0.1, 0.15) is 41.1 Å².